The van der Waals surface area contributed by atoms with Gasteiger partial charge >= 0.3 is 0 Å². The van der Waals surface area contributed by atoms with E-state index < -0.39 is 0 Å². The lowest BCUT2D eigenvalue weighted by Gasteiger charge is -2.36. The van der Waals surface area contributed by atoms with Crippen LogP contribution in [0.4, 0.5) is 0 Å². The summed E-state index contributed by atoms with van der Waals surface area (Å²) in [5.41, 5.74) is 18.9. The summed E-state index contributed by atoms with van der Waals surface area (Å²) in [5.74, 6) is 4.89. The minimum Gasteiger partial charge on any atom is -0.458 e. The van der Waals surface area contributed by atoms with Crippen molar-refractivity contribution >= 4 is 34.1 Å². The van der Waals surface area contributed by atoms with E-state index in [-0.39, 0.29) is 18.5 Å². The molecule has 2 aliphatic rings. The molecule has 62 heavy (non-hydrogen) atoms. The summed E-state index contributed by atoms with van der Waals surface area (Å²) < 4.78 is 16.5. The fourth-order valence-electron chi connectivity index (χ4n) is 9.76. The molecule has 0 aliphatic carbocycles. The molecule has 11 rings (SSSR count). The third kappa shape index (κ3) is 6.07. The van der Waals surface area contributed by atoms with Crippen LogP contribution in [0.15, 0.2) is 158 Å². The van der Waals surface area contributed by atoms with E-state index in [1.54, 1.807) is 0 Å². The van der Waals surface area contributed by atoms with Crippen molar-refractivity contribution in [3.63, 3.8) is 0 Å². The number of ether oxygens (including phenoxy) is 2. The smallest absolute Gasteiger partial charge is 0.260 e. The highest BCUT2D eigenvalue weighted by atomic mass is 16.5. The van der Waals surface area contributed by atoms with Gasteiger partial charge in [0.05, 0.1) is 22.4 Å². The van der Waals surface area contributed by atoms with Crippen LogP contribution in [0.5, 0.6) is 23.0 Å². The lowest BCUT2D eigenvalue weighted by molar-refractivity contribution is 0.452. The number of aryl methyl sites for hydroxylation is 2. The molecule has 0 radical (unpaired) electrons. The van der Waals surface area contributed by atoms with Crippen molar-refractivity contribution < 1.29 is 9.47 Å². The van der Waals surface area contributed by atoms with Crippen LogP contribution in [0.1, 0.15) is 61.8 Å². The van der Waals surface area contributed by atoms with Crippen LogP contribution in [-0.2, 0) is 0 Å². The predicted octanol–water partition coefficient (Wildman–Crippen LogP) is 12.7. The second-order valence-corrected chi connectivity index (χ2v) is 17.4. The maximum absolute atomic E-state index is 7.08. The molecular formula is C56H46BN3O2. The largest absolute Gasteiger partial charge is 0.458 e. The molecule has 0 unspecified atom stereocenters. The third-order valence-corrected chi connectivity index (χ3v) is 12.8. The van der Waals surface area contributed by atoms with Gasteiger partial charge in [-0.25, -0.2) is 4.98 Å². The Labute approximate surface area is 363 Å². The molecule has 7 aromatic carbocycles. The van der Waals surface area contributed by atoms with E-state index in [0.717, 1.165) is 84.3 Å². The number of rotatable bonds is 7. The van der Waals surface area contributed by atoms with Gasteiger partial charge in [-0.15, -0.1) is 0 Å². The minimum absolute atomic E-state index is 0.163. The van der Waals surface area contributed by atoms with Crippen LogP contribution >= 0.6 is 0 Å². The number of hydrogen-bond donors (Lipinski definition) is 0. The normalized spacial score (nSPS) is 12.5. The molecule has 4 heterocycles. The second kappa shape index (κ2) is 14.8. The van der Waals surface area contributed by atoms with Crippen LogP contribution < -0.4 is 25.9 Å². The average molecular weight is 804 g/mol. The van der Waals surface area contributed by atoms with Crippen molar-refractivity contribution in [2.24, 2.45) is 0 Å². The lowest BCUT2D eigenvalue weighted by atomic mass is 9.34. The standard InChI is InChI=1S/C56H46BN3O2/c1-33(2)43-32-44(34(3)4)55-52-54(43)61-50-25-23-39(48-31-38(27-28-58-48)42-20-11-10-19-41(42)37-17-8-7-9-18-37)29-45(50)57(52)46-30-40(24-26-51(46)62-55)56-59-47-21-12-13-22-49(47)60(56)53-35(5)15-14-16-36(53)6/h7-34H,1-6H3. The SMILES string of the molecule is Cc1cccc(C)c1-n1c(-c2ccc3c(c2)B2c4cc(-c5cc(-c6ccccc6-c6ccccc6)ccn5)ccc4Oc4c(C(C)C)cc(C(C)C)c(c42)O3)nc2ccccc21. The Hall–Kier alpha value is -7.18. The number of nitrogens with zero attached hydrogens (tertiary/aromatic N) is 3. The molecular weight excluding hydrogens is 757 g/mol. The number of aromatic nitrogens is 3. The van der Waals surface area contributed by atoms with Crippen molar-refractivity contribution in [1.29, 1.82) is 0 Å². The molecule has 0 fully saturated rings. The summed E-state index contributed by atoms with van der Waals surface area (Å²) >= 11 is 0. The minimum atomic E-state index is -0.163. The maximum Gasteiger partial charge on any atom is 0.260 e. The fourth-order valence-corrected chi connectivity index (χ4v) is 9.76. The molecule has 0 atom stereocenters. The molecule has 0 saturated heterocycles. The van der Waals surface area contributed by atoms with Crippen LogP contribution in [0.25, 0.3) is 61.6 Å². The van der Waals surface area contributed by atoms with Gasteiger partial charge in [0.1, 0.15) is 28.8 Å². The Morgan fingerprint density at radius 3 is 1.81 bits per heavy atom. The molecule has 0 spiro atoms. The van der Waals surface area contributed by atoms with Gasteiger partial charge in [0.25, 0.3) is 6.71 Å². The molecule has 9 aromatic rings. The van der Waals surface area contributed by atoms with E-state index in [1.165, 1.54) is 38.9 Å². The van der Waals surface area contributed by atoms with Gasteiger partial charge in [-0.3, -0.25) is 9.55 Å². The number of hydrogen-bond acceptors (Lipinski definition) is 4. The molecule has 0 bridgehead atoms. The molecule has 5 nitrogen and oxygen atoms in total. The highest BCUT2D eigenvalue weighted by molar-refractivity contribution is 6.98. The number of benzene rings is 7. The van der Waals surface area contributed by atoms with Crippen LogP contribution in [0, 0.1) is 13.8 Å². The molecule has 2 aromatic heterocycles. The zero-order valence-corrected chi connectivity index (χ0v) is 35.9. The number of para-hydroxylation sites is 3. The molecule has 0 N–H and O–H groups in total. The maximum atomic E-state index is 7.08. The van der Waals surface area contributed by atoms with Gasteiger partial charge in [-0.2, -0.15) is 0 Å². The third-order valence-electron chi connectivity index (χ3n) is 12.8. The quantitative estimate of drug-likeness (QED) is 0.151. The summed E-state index contributed by atoms with van der Waals surface area (Å²) in [4.78, 5) is 10.3. The summed E-state index contributed by atoms with van der Waals surface area (Å²) in [6.45, 7) is 13.2. The second-order valence-electron chi connectivity index (χ2n) is 17.4. The zero-order valence-electron chi connectivity index (χ0n) is 35.9. The van der Waals surface area contributed by atoms with Gasteiger partial charge in [0.15, 0.2) is 0 Å². The van der Waals surface area contributed by atoms with Crippen LogP contribution in [-0.4, -0.2) is 21.2 Å². The molecule has 0 amide bonds. The van der Waals surface area contributed by atoms with Crippen molar-refractivity contribution in [2.75, 3.05) is 0 Å². The summed E-state index contributed by atoms with van der Waals surface area (Å²) in [6.07, 6.45) is 1.93. The Morgan fingerprint density at radius 1 is 0.532 bits per heavy atom. The monoisotopic (exact) mass is 803 g/mol. The van der Waals surface area contributed by atoms with Gasteiger partial charge in [-0.05, 0) is 141 Å². The first-order chi connectivity index (χ1) is 30.2. The van der Waals surface area contributed by atoms with Crippen molar-refractivity contribution in [2.45, 2.75) is 53.4 Å². The Bertz CT molecular complexity index is 3190. The Morgan fingerprint density at radius 2 is 1.13 bits per heavy atom. The number of pyridine rings is 1. The average Bonchev–Trinajstić information content (AvgIpc) is 3.68. The zero-order chi connectivity index (χ0) is 42.2. The summed E-state index contributed by atoms with van der Waals surface area (Å²) in [7, 11) is 0. The van der Waals surface area contributed by atoms with Crippen LogP contribution in [0.3, 0.4) is 0 Å². The van der Waals surface area contributed by atoms with E-state index in [4.69, 9.17) is 19.4 Å². The van der Waals surface area contributed by atoms with E-state index >= 15 is 0 Å². The molecule has 300 valence electrons. The summed E-state index contributed by atoms with van der Waals surface area (Å²) in [6, 6.07) is 54.0. The van der Waals surface area contributed by atoms with E-state index in [2.05, 4.69) is 198 Å². The first kappa shape index (κ1) is 37.8. The lowest BCUT2D eigenvalue weighted by Crippen LogP contribution is -2.58. The highest BCUT2D eigenvalue weighted by Gasteiger charge is 2.43. The van der Waals surface area contributed by atoms with Crippen molar-refractivity contribution in [3.8, 4) is 73.6 Å². The van der Waals surface area contributed by atoms with Crippen molar-refractivity contribution in [1.82, 2.24) is 14.5 Å². The van der Waals surface area contributed by atoms with Gasteiger partial charge in [0, 0.05) is 17.2 Å². The predicted molar refractivity (Wildman–Crippen MR) is 256 cm³/mol. The van der Waals surface area contributed by atoms with Gasteiger partial charge in [0.2, 0.25) is 0 Å². The van der Waals surface area contributed by atoms with Crippen LogP contribution in [0.2, 0.25) is 0 Å². The number of imidazole rings is 1. The van der Waals surface area contributed by atoms with Crippen molar-refractivity contribution in [3.05, 3.63) is 180 Å². The first-order valence-electron chi connectivity index (χ1n) is 21.7. The number of fused-ring (bicyclic) bond motifs is 5. The molecule has 2 aliphatic heterocycles. The van der Waals surface area contributed by atoms with Gasteiger partial charge in [-0.1, -0.05) is 125 Å². The van der Waals surface area contributed by atoms with E-state index in [1.807, 2.05) is 6.20 Å². The molecule has 0 saturated carbocycles. The highest BCUT2D eigenvalue weighted by Crippen LogP contribution is 2.45. The Balaban J connectivity index is 1.12. The van der Waals surface area contributed by atoms with E-state index in [9.17, 15) is 0 Å². The first-order valence-corrected chi connectivity index (χ1v) is 21.7. The molecule has 6 heteroatoms. The topological polar surface area (TPSA) is 49.2 Å². The summed E-state index contributed by atoms with van der Waals surface area (Å²) in [5, 5.41) is 0. The fraction of sp³-hybridized carbons (Fsp3) is 0.143. The Kier molecular flexibility index (Phi) is 9.01. The van der Waals surface area contributed by atoms with E-state index in [0.29, 0.717) is 0 Å². The van der Waals surface area contributed by atoms with Gasteiger partial charge < -0.3 is 9.47 Å².